The Morgan fingerprint density at radius 1 is 1.04 bits per heavy atom. The van der Waals surface area contributed by atoms with Crippen molar-refractivity contribution in [1.29, 1.82) is 0 Å². The maximum Gasteiger partial charge on any atom is 0.317 e. The van der Waals surface area contributed by atoms with Crippen LogP contribution in [0.2, 0.25) is 0 Å². The van der Waals surface area contributed by atoms with Gasteiger partial charge in [0, 0.05) is 13.5 Å². The van der Waals surface area contributed by atoms with Gasteiger partial charge in [-0.3, -0.25) is 9.59 Å². The first-order valence-electron chi connectivity index (χ1n) is 9.15. The Balaban J connectivity index is 2.04. The number of rotatable bonds is 5. The molecule has 3 aliphatic carbocycles. The van der Waals surface area contributed by atoms with Crippen molar-refractivity contribution >= 4 is 11.9 Å². The molecule has 2 bridgehead atoms. The summed E-state index contributed by atoms with van der Waals surface area (Å²) in [5.74, 6) is -1.76. The third-order valence-corrected chi connectivity index (χ3v) is 6.02. The molecule has 1 aliphatic heterocycles. The average Bonchev–Trinajstić information content (AvgIpc) is 2.63. The van der Waals surface area contributed by atoms with Gasteiger partial charge in [-0.15, -0.1) is 0 Å². The number of fused-ring (bicyclic) bond motifs is 2. The summed E-state index contributed by atoms with van der Waals surface area (Å²) in [6.45, 7) is 5.15. The molecule has 0 aromatic heterocycles. The van der Waals surface area contributed by atoms with Crippen molar-refractivity contribution in [3.05, 3.63) is 0 Å². The smallest absolute Gasteiger partial charge is 0.317 e. The lowest BCUT2D eigenvalue weighted by molar-refractivity contribution is -0.372. The predicted molar refractivity (Wildman–Crippen MR) is 86.6 cm³/mol. The van der Waals surface area contributed by atoms with Crippen molar-refractivity contribution in [3.63, 3.8) is 0 Å². The summed E-state index contributed by atoms with van der Waals surface area (Å²) in [5, 5.41) is 0. The molecule has 1 unspecified atom stereocenters. The number of ether oxygens (including phenoxy) is 5. The molecule has 0 aromatic carbocycles. The van der Waals surface area contributed by atoms with Gasteiger partial charge < -0.3 is 23.7 Å². The van der Waals surface area contributed by atoms with Crippen LogP contribution in [0.5, 0.6) is 0 Å². The van der Waals surface area contributed by atoms with Gasteiger partial charge in [0.05, 0.1) is 37.9 Å². The average molecular weight is 356 g/mol. The molecule has 4 rings (SSSR count). The fourth-order valence-electron chi connectivity index (χ4n) is 4.80. The normalized spacial score (nSPS) is 36.2. The van der Waals surface area contributed by atoms with Crippen molar-refractivity contribution in [2.45, 2.75) is 57.8 Å². The summed E-state index contributed by atoms with van der Waals surface area (Å²) < 4.78 is 28.6. The second kappa shape index (κ2) is 6.85. The van der Waals surface area contributed by atoms with Crippen LogP contribution in [0.3, 0.4) is 0 Å². The van der Waals surface area contributed by atoms with Crippen LogP contribution in [0.15, 0.2) is 0 Å². The SMILES string of the molecule is CCOC(=O)C12CC[C@@](C(=O)OCC)(CC13OCCCO3)[C@H](OC)C2. The van der Waals surface area contributed by atoms with Gasteiger partial charge in [0.15, 0.2) is 5.79 Å². The third kappa shape index (κ3) is 2.59. The van der Waals surface area contributed by atoms with Crippen molar-refractivity contribution < 1.29 is 33.3 Å². The van der Waals surface area contributed by atoms with E-state index in [1.807, 2.05) is 0 Å². The zero-order valence-corrected chi connectivity index (χ0v) is 15.3. The Hall–Kier alpha value is -1.18. The minimum absolute atomic E-state index is 0.260. The van der Waals surface area contributed by atoms with Crippen LogP contribution in [-0.4, -0.2) is 57.4 Å². The standard InChI is InChI=1S/C18H28O7/c1-4-22-14(19)16-7-8-17(11-13(16)21-3,15(20)23-5-2)18(12-16)24-9-6-10-25-18/h13H,4-12H2,1-3H3/t13-,16-,17?/m1/s1. The lowest BCUT2D eigenvalue weighted by atomic mass is 9.49. The molecule has 25 heavy (non-hydrogen) atoms. The van der Waals surface area contributed by atoms with Gasteiger partial charge in [-0.2, -0.15) is 0 Å². The van der Waals surface area contributed by atoms with E-state index in [1.165, 1.54) is 0 Å². The van der Waals surface area contributed by atoms with Gasteiger partial charge in [-0.1, -0.05) is 0 Å². The van der Waals surface area contributed by atoms with E-state index in [9.17, 15) is 9.59 Å². The Morgan fingerprint density at radius 3 is 2.28 bits per heavy atom. The molecule has 3 atom stereocenters. The van der Waals surface area contributed by atoms with Crippen LogP contribution in [-0.2, 0) is 33.3 Å². The lowest BCUT2D eigenvalue weighted by Gasteiger charge is -2.63. The molecule has 1 heterocycles. The topological polar surface area (TPSA) is 80.3 Å². The highest BCUT2D eigenvalue weighted by atomic mass is 16.7. The monoisotopic (exact) mass is 356 g/mol. The number of esters is 2. The minimum atomic E-state index is -1.14. The maximum absolute atomic E-state index is 13.0. The highest BCUT2D eigenvalue weighted by Crippen LogP contribution is 2.65. The van der Waals surface area contributed by atoms with E-state index in [0.717, 1.165) is 6.42 Å². The molecule has 142 valence electrons. The second-order valence-corrected chi connectivity index (χ2v) is 7.09. The number of hydrogen-bond acceptors (Lipinski definition) is 7. The van der Waals surface area contributed by atoms with Gasteiger partial charge in [0.2, 0.25) is 0 Å². The van der Waals surface area contributed by atoms with E-state index in [4.69, 9.17) is 23.7 Å². The van der Waals surface area contributed by atoms with E-state index in [2.05, 4.69) is 0 Å². The molecule has 4 aliphatic rings. The van der Waals surface area contributed by atoms with Crippen LogP contribution in [0.25, 0.3) is 0 Å². The van der Waals surface area contributed by atoms with Crippen LogP contribution in [0.1, 0.15) is 46.0 Å². The number of hydrogen-bond donors (Lipinski definition) is 0. The number of methoxy groups -OCH3 is 1. The summed E-state index contributed by atoms with van der Waals surface area (Å²) in [6, 6.07) is 0. The van der Waals surface area contributed by atoms with Gasteiger partial charge >= 0.3 is 11.9 Å². The third-order valence-electron chi connectivity index (χ3n) is 6.02. The van der Waals surface area contributed by atoms with Crippen molar-refractivity contribution in [2.24, 2.45) is 10.8 Å². The molecule has 7 nitrogen and oxygen atoms in total. The van der Waals surface area contributed by atoms with Gasteiger partial charge in [-0.25, -0.2) is 0 Å². The van der Waals surface area contributed by atoms with Crippen LogP contribution < -0.4 is 0 Å². The molecule has 7 heteroatoms. The zero-order valence-electron chi connectivity index (χ0n) is 15.3. The zero-order chi connectivity index (χ0) is 18.1. The highest BCUT2D eigenvalue weighted by Gasteiger charge is 2.75. The fourth-order valence-corrected chi connectivity index (χ4v) is 4.80. The maximum atomic E-state index is 13.0. The van der Waals surface area contributed by atoms with Gasteiger partial charge in [0.25, 0.3) is 0 Å². The lowest BCUT2D eigenvalue weighted by Crippen LogP contribution is -2.72. The van der Waals surface area contributed by atoms with Crippen LogP contribution in [0.4, 0.5) is 0 Å². The molecule has 0 aromatic rings. The summed E-state index contributed by atoms with van der Waals surface area (Å²) in [7, 11) is 1.57. The Kier molecular flexibility index (Phi) is 5.10. The Morgan fingerprint density at radius 2 is 1.68 bits per heavy atom. The first-order chi connectivity index (χ1) is 12.0. The molecule has 0 radical (unpaired) electrons. The van der Waals surface area contributed by atoms with E-state index in [0.29, 0.717) is 39.1 Å². The predicted octanol–water partition coefficient (Wildman–Crippen LogP) is 1.82. The second-order valence-electron chi connectivity index (χ2n) is 7.09. The molecule has 1 spiro atoms. The molecular formula is C18H28O7. The molecule has 1 saturated heterocycles. The molecule has 0 N–H and O–H groups in total. The summed E-state index contributed by atoms with van der Waals surface area (Å²) in [5.41, 5.74) is -1.80. The first kappa shape index (κ1) is 18.6. The molecular weight excluding hydrogens is 328 g/mol. The summed E-state index contributed by atoms with van der Waals surface area (Å²) in [4.78, 5) is 25.8. The van der Waals surface area contributed by atoms with E-state index >= 15 is 0 Å². The van der Waals surface area contributed by atoms with E-state index < -0.39 is 22.7 Å². The number of carbonyl (C=O) groups excluding carboxylic acids is 2. The van der Waals surface area contributed by atoms with Gasteiger partial charge in [-0.05, 0) is 39.5 Å². The first-order valence-corrected chi connectivity index (χ1v) is 9.15. The van der Waals surface area contributed by atoms with E-state index in [-0.39, 0.29) is 25.0 Å². The highest BCUT2D eigenvalue weighted by molar-refractivity contribution is 5.84. The van der Waals surface area contributed by atoms with Crippen molar-refractivity contribution in [3.8, 4) is 0 Å². The van der Waals surface area contributed by atoms with Crippen LogP contribution >= 0.6 is 0 Å². The minimum Gasteiger partial charge on any atom is -0.465 e. The fraction of sp³-hybridized carbons (Fsp3) is 0.889. The van der Waals surface area contributed by atoms with Gasteiger partial charge in [0.1, 0.15) is 5.41 Å². The summed E-state index contributed by atoms with van der Waals surface area (Å²) >= 11 is 0. The van der Waals surface area contributed by atoms with Crippen LogP contribution in [0, 0.1) is 10.8 Å². The molecule has 0 amide bonds. The largest absolute Gasteiger partial charge is 0.465 e. The van der Waals surface area contributed by atoms with Crippen molar-refractivity contribution in [2.75, 3.05) is 33.5 Å². The molecule has 3 saturated carbocycles. The Labute approximate surface area is 148 Å². The quantitative estimate of drug-likeness (QED) is 0.695. The van der Waals surface area contributed by atoms with E-state index in [1.54, 1.807) is 21.0 Å². The summed E-state index contributed by atoms with van der Waals surface area (Å²) in [6.07, 6.45) is 1.89. The molecule has 4 fully saturated rings. The Bertz CT molecular complexity index is 528. The number of carbonyl (C=O) groups is 2. The van der Waals surface area contributed by atoms with Crippen molar-refractivity contribution in [1.82, 2.24) is 0 Å².